The van der Waals surface area contributed by atoms with Gasteiger partial charge in [0.25, 0.3) is 5.91 Å². The number of nitrogens with two attached hydrogens (primary N) is 1. The standard InChI is InChI=1S/C24H19ClN2O7.CH4/c25-16-4-1-9(8-27-16)12-2-3-14(28)18-13(12)6-10-5-11-7-15(29)19(23(26)33)22(32)24(11,34)21(31)17(10)20(18)30;/h1-4,8,10-11,28,30,32,34H,5-7H2,(H2,26,33);1H4/t10-,11+,24+;/m1./s1. The first-order chi connectivity index (χ1) is 16.1. The van der Waals surface area contributed by atoms with Crippen LogP contribution in [-0.4, -0.2) is 48.5 Å². The molecule has 3 aliphatic rings. The number of aromatic nitrogens is 1. The second-order valence-corrected chi connectivity index (χ2v) is 9.15. The molecule has 0 bridgehead atoms. The largest absolute Gasteiger partial charge is 0.508 e. The van der Waals surface area contributed by atoms with Gasteiger partial charge in [-0.25, -0.2) is 4.98 Å². The molecule has 1 aromatic carbocycles. The van der Waals surface area contributed by atoms with Crippen molar-refractivity contribution in [2.45, 2.75) is 32.3 Å². The fourth-order valence-electron chi connectivity index (χ4n) is 5.43. The van der Waals surface area contributed by atoms with Crippen molar-refractivity contribution in [2.24, 2.45) is 17.6 Å². The van der Waals surface area contributed by atoms with E-state index < -0.39 is 52.0 Å². The van der Waals surface area contributed by atoms with Gasteiger partial charge in [0.1, 0.15) is 28.0 Å². The highest BCUT2D eigenvalue weighted by Crippen LogP contribution is 2.53. The molecule has 0 aliphatic heterocycles. The Kier molecular flexibility index (Phi) is 5.73. The van der Waals surface area contributed by atoms with Crippen LogP contribution in [0.25, 0.3) is 16.9 Å². The lowest BCUT2D eigenvalue weighted by Gasteiger charge is -2.46. The average Bonchev–Trinajstić information content (AvgIpc) is 2.77. The first-order valence-electron chi connectivity index (χ1n) is 10.5. The van der Waals surface area contributed by atoms with Crippen LogP contribution in [0.15, 0.2) is 47.4 Å². The molecule has 1 saturated carbocycles. The van der Waals surface area contributed by atoms with Gasteiger partial charge in [-0.15, -0.1) is 0 Å². The van der Waals surface area contributed by atoms with Crippen molar-refractivity contribution in [3.05, 3.63) is 63.6 Å². The number of aliphatic hydroxyl groups excluding tert-OH is 2. The van der Waals surface area contributed by atoms with Crippen molar-refractivity contribution in [3.8, 4) is 16.9 Å². The monoisotopic (exact) mass is 498 g/mol. The fourth-order valence-corrected chi connectivity index (χ4v) is 5.54. The van der Waals surface area contributed by atoms with Crippen LogP contribution in [-0.2, 0) is 20.8 Å². The number of phenols is 1. The normalized spacial score (nSPS) is 25.4. The summed E-state index contributed by atoms with van der Waals surface area (Å²) in [6, 6.07) is 6.36. The Labute approximate surface area is 205 Å². The number of fused-ring (bicyclic) bond motifs is 3. The number of pyridine rings is 1. The molecule has 3 aliphatic carbocycles. The minimum Gasteiger partial charge on any atom is -0.508 e. The Morgan fingerprint density at radius 3 is 2.46 bits per heavy atom. The van der Waals surface area contributed by atoms with Crippen molar-refractivity contribution >= 4 is 34.8 Å². The van der Waals surface area contributed by atoms with Crippen LogP contribution in [0.2, 0.25) is 5.15 Å². The van der Waals surface area contributed by atoms with E-state index in [4.69, 9.17) is 17.3 Å². The van der Waals surface area contributed by atoms with Crippen molar-refractivity contribution in [1.82, 2.24) is 4.98 Å². The SMILES string of the molecule is C.NC(=O)C1=C(O)[C@@]2(O)C(=O)C3=C(O)c4c(O)ccc(-c5ccc(Cl)nc5)c4C[C@H]3C[C@H]2CC1=O. The summed E-state index contributed by atoms with van der Waals surface area (Å²) in [5, 5.41) is 43.8. The molecule has 6 N–H and O–H groups in total. The predicted octanol–water partition coefficient (Wildman–Crippen LogP) is 2.78. The molecule has 1 fully saturated rings. The second-order valence-electron chi connectivity index (χ2n) is 8.76. The number of hydrogen-bond donors (Lipinski definition) is 5. The molecule has 182 valence electrons. The van der Waals surface area contributed by atoms with E-state index in [0.717, 1.165) is 0 Å². The Balaban J connectivity index is 0.00000289. The molecule has 0 unspecified atom stereocenters. The number of carbonyl (C=O) groups is 3. The minimum atomic E-state index is -2.58. The molecule has 35 heavy (non-hydrogen) atoms. The Morgan fingerprint density at radius 1 is 1.11 bits per heavy atom. The highest BCUT2D eigenvalue weighted by atomic mass is 35.5. The van der Waals surface area contributed by atoms with Crippen LogP contribution < -0.4 is 5.73 Å². The van der Waals surface area contributed by atoms with E-state index in [-0.39, 0.29) is 43.6 Å². The van der Waals surface area contributed by atoms with Gasteiger partial charge in [0.15, 0.2) is 11.4 Å². The molecule has 0 radical (unpaired) electrons. The van der Waals surface area contributed by atoms with Crippen LogP contribution in [0.4, 0.5) is 0 Å². The fraction of sp³-hybridized carbons (Fsp3) is 0.280. The first kappa shape index (κ1) is 24.4. The third-order valence-electron chi connectivity index (χ3n) is 6.99. The summed E-state index contributed by atoms with van der Waals surface area (Å²) in [7, 11) is 0. The number of carbonyl (C=O) groups excluding carboxylic acids is 3. The van der Waals surface area contributed by atoms with Gasteiger partial charge < -0.3 is 26.2 Å². The van der Waals surface area contributed by atoms with Gasteiger partial charge in [0.2, 0.25) is 5.78 Å². The van der Waals surface area contributed by atoms with Gasteiger partial charge in [0, 0.05) is 29.7 Å². The van der Waals surface area contributed by atoms with Gasteiger partial charge in [-0.1, -0.05) is 25.1 Å². The molecule has 10 heteroatoms. The number of benzene rings is 1. The number of hydrogen-bond acceptors (Lipinski definition) is 8. The van der Waals surface area contributed by atoms with E-state index >= 15 is 0 Å². The summed E-state index contributed by atoms with van der Waals surface area (Å²) < 4.78 is 0. The first-order valence-corrected chi connectivity index (χ1v) is 10.9. The molecule has 1 aromatic heterocycles. The topological polar surface area (TPSA) is 171 Å². The maximum absolute atomic E-state index is 13.5. The molecular weight excluding hydrogens is 476 g/mol. The van der Waals surface area contributed by atoms with E-state index in [1.807, 2.05) is 0 Å². The van der Waals surface area contributed by atoms with Gasteiger partial charge in [-0.3, -0.25) is 14.4 Å². The number of primary amides is 1. The van der Waals surface area contributed by atoms with Crippen LogP contribution in [0, 0.1) is 11.8 Å². The van der Waals surface area contributed by atoms with E-state index in [1.54, 1.807) is 24.4 Å². The van der Waals surface area contributed by atoms with Gasteiger partial charge in [-0.2, -0.15) is 0 Å². The van der Waals surface area contributed by atoms with Crippen molar-refractivity contribution in [2.75, 3.05) is 0 Å². The highest BCUT2D eigenvalue weighted by molar-refractivity contribution is 6.29. The van der Waals surface area contributed by atoms with Gasteiger partial charge in [-0.05, 0) is 48.1 Å². The molecule has 1 amide bonds. The predicted molar refractivity (Wildman–Crippen MR) is 126 cm³/mol. The Hall–Kier alpha value is -3.69. The zero-order chi connectivity index (χ0) is 24.5. The molecule has 3 atom stereocenters. The maximum atomic E-state index is 13.5. The summed E-state index contributed by atoms with van der Waals surface area (Å²) >= 11 is 5.89. The summed E-state index contributed by atoms with van der Waals surface area (Å²) in [5.74, 6) is -6.57. The second kappa shape index (κ2) is 8.21. The smallest absolute Gasteiger partial charge is 0.255 e. The Morgan fingerprint density at radius 2 is 1.83 bits per heavy atom. The van der Waals surface area contributed by atoms with Crippen LogP contribution in [0.3, 0.4) is 0 Å². The number of rotatable bonds is 2. The number of phenolic OH excluding ortho intramolecular Hbond substituents is 1. The lowest BCUT2D eigenvalue weighted by atomic mass is 9.59. The lowest BCUT2D eigenvalue weighted by molar-refractivity contribution is -0.147. The van der Waals surface area contributed by atoms with Crippen LogP contribution >= 0.6 is 11.6 Å². The molecule has 0 saturated heterocycles. The highest BCUT2D eigenvalue weighted by Gasteiger charge is 2.60. The number of amides is 1. The molecular formula is C25H23ClN2O7. The zero-order valence-corrected chi connectivity index (χ0v) is 18.3. The van der Waals surface area contributed by atoms with E-state index in [9.17, 15) is 34.8 Å². The molecule has 5 rings (SSSR count). The van der Waals surface area contributed by atoms with E-state index in [0.29, 0.717) is 21.8 Å². The van der Waals surface area contributed by atoms with Crippen LogP contribution in [0.1, 0.15) is 31.4 Å². The number of aliphatic hydroxyl groups is 3. The zero-order valence-electron chi connectivity index (χ0n) is 17.6. The number of ketones is 2. The number of nitrogens with zero attached hydrogens (tertiary/aromatic N) is 1. The van der Waals surface area contributed by atoms with Crippen LogP contribution in [0.5, 0.6) is 5.75 Å². The van der Waals surface area contributed by atoms with Gasteiger partial charge >= 0.3 is 0 Å². The minimum absolute atomic E-state index is 0. The van der Waals surface area contributed by atoms with E-state index in [1.165, 1.54) is 6.07 Å². The summed E-state index contributed by atoms with van der Waals surface area (Å²) in [6.45, 7) is 0. The van der Waals surface area contributed by atoms with Crippen molar-refractivity contribution in [1.29, 1.82) is 0 Å². The third-order valence-corrected chi connectivity index (χ3v) is 7.21. The molecule has 9 nitrogen and oxygen atoms in total. The molecule has 2 aromatic rings. The molecule has 1 heterocycles. The molecule has 0 spiro atoms. The number of Topliss-reactive ketones (excluding diaryl/α,β-unsaturated/α-hetero) is 2. The average molecular weight is 499 g/mol. The Bertz CT molecular complexity index is 1360. The summed E-state index contributed by atoms with van der Waals surface area (Å²) in [6.07, 6.45) is 1.46. The summed E-state index contributed by atoms with van der Waals surface area (Å²) in [5.41, 5.74) is 3.54. The van der Waals surface area contributed by atoms with Crippen molar-refractivity contribution in [3.63, 3.8) is 0 Å². The van der Waals surface area contributed by atoms with Crippen molar-refractivity contribution < 1.29 is 34.8 Å². The number of halogens is 1. The van der Waals surface area contributed by atoms with Gasteiger partial charge in [0.05, 0.1) is 5.56 Å². The third kappa shape index (κ3) is 3.34. The quantitative estimate of drug-likeness (QED) is 0.310. The maximum Gasteiger partial charge on any atom is 0.255 e. The van der Waals surface area contributed by atoms with E-state index in [2.05, 4.69) is 4.98 Å². The number of aromatic hydroxyl groups is 1. The lowest BCUT2D eigenvalue weighted by Crippen LogP contribution is -2.58. The summed E-state index contributed by atoms with van der Waals surface area (Å²) in [4.78, 5) is 41.7.